The van der Waals surface area contributed by atoms with Gasteiger partial charge in [0.15, 0.2) is 0 Å². The minimum absolute atomic E-state index is 0.0452. The molecule has 4 nitrogen and oxygen atoms in total. The number of phenols is 1. The molecule has 1 aromatic rings. The Balaban J connectivity index is 1.81. The fourth-order valence-corrected chi connectivity index (χ4v) is 2.58. The molecule has 1 fully saturated rings. The van der Waals surface area contributed by atoms with E-state index >= 15 is 0 Å². The summed E-state index contributed by atoms with van der Waals surface area (Å²) in [5, 5.41) is 15.4. The highest BCUT2D eigenvalue weighted by atomic mass is 16.3. The second-order valence-electron chi connectivity index (χ2n) is 5.38. The molecule has 1 heterocycles. The molecule has 104 valence electrons. The molecule has 4 heteroatoms. The van der Waals surface area contributed by atoms with Gasteiger partial charge in [0.2, 0.25) is 5.91 Å². The predicted molar refractivity (Wildman–Crippen MR) is 76.1 cm³/mol. The van der Waals surface area contributed by atoms with Crippen LogP contribution in [0.5, 0.6) is 5.75 Å². The van der Waals surface area contributed by atoms with Gasteiger partial charge in [-0.3, -0.25) is 4.79 Å². The molecule has 0 saturated carbocycles. The largest absolute Gasteiger partial charge is 0.508 e. The number of phenolic OH excluding ortho intramolecular Hbond substituents is 1. The summed E-state index contributed by atoms with van der Waals surface area (Å²) in [6.07, 6.45) is 2.96. The summed E-state index contributed by atoms with van der Waals surface area (Å²) < 4.78 is 0. The number of rotatable bonds is 4. The predicted octanol–water partition coefficient (Wildman–Crippen LogP) is 2.36. The number of benzene rings is 1. The number of anilines is 1. The maximum absolute atomic E-state index is 12.0. The summed E-state index contributed by atoms with van der Waals surface area (Å²) in [6.45, 7) is 4.27. The third-order valence-corrected chi connectivity index (χ3v) is 3.80. The first-order valence-corrected chi connectivity index (χ1v) is 6.95. The van der Waals surface area contributed by atoms with Crippen molar-refractivity contribution in [2.75, 3.05) is 18.4 Å². The molecule has 0 radical (unpaired) electrons. The number of hydrogen-bond acceptors (Lipinski definition) is 3. The van der Waals surface area contributed by atoms with Crippen molar-refractivity contribution in [1.29, 1.82) is 0 Å². The molecule has 3 N–H and O–H groups in total. The molecule has 1 aliphatic heterocycles. The number of hydrogen-bond donors (Lipinski definition) is 3. The van der Waals surface area contributed by atoms with Gasteiger partial charge in [0.25, 0.3) is 0 Å². The number of piperidine rings is 1. The Bertz CT molecular complexity index is 411. The fourth-order valence-electron chi connectivity index (χ4n) is 2.58. The van der Waals surface area contributed by atoms with E-state index in [4.69, 9.17) is 0 Å². The lowest BCUT2D eigenvalue weighted by molar-refractivity contribution is -0.117. The quantitative estimate of drug-likeness (QED) is 0.730. The van der Waals surface area contributed by atoms with Crippen LogP contribution >= 0.6 is 0 Å². The smallest absolute Gasteiger partial charge is 0.224 e. The van der Waals surface area contributed by atoms with Crippen LogP contribution in [0.3, 0.4) is 0 Å². The van der Waals surface area contributed by atoms with Crippen molar-refractivity contribution in [3.63, 3.8) is 0 Å². The van der Waals surface area contributed by atoms with Crippen molar-refractivity contribution in [3.8, 4) is 5.75 Å². The van der Waals surface area contributed by atoms with Crippen molar-refractivity contribution in [3.05, 3.63) is 24.3 Å². The number of aromatic hydroxyl groups is 1. The summed E-state index contributed by atoms with van der Waals surface area (Å²) in [6, 6.07) is 6.56. The molecule has 0 aromatic heterocycles. The van der Waals surface area contributed by atoms with Crippen LogP contribution in [0.4, 0.5) is 5.69 Å². The van der Waals surface area contributed by atoms with Gasteiger partial charge in [0, 0.05) is 12.1 Å². The van der Waals surface area contributed by atoms with E-state index in [1.807, 2.05) is 0 Å². The zero-order valence-corrected chi connectivity index (χ0v) is 11.4. The lowest BCUT2D eigenvalue weighted by atomic mass is 9.85. The van der Waals surface area contributed by atoms with Crippen molar-refractivity contribution in [1.82, 2.24) is 5.32 Å². The van der Waals surface area contributed by atoms with Crippen LogP contribution < -0.4 is 10.6 Å². The monoisotopic (exact) mass is 262 g/mol. The summed E-state index contributed by atoms with van der Waals surface area (Å²) in [5.41, 5.74) is 0.733. The molecular formula is C15H22N2O2. The highest BCUT2D eigenvalue weighted by molar-refractivity contribution is 5.90. The maximum atomic E-state index is 12.0. The molecule has 1 amide bonds. The standard InChI is InChI=1S/C15H22N2O2/c1-11(12-3-2-8-16-10-12)9-15(19)17-13-4-6-14(18)7-5-13/h4-7,11-12,16,18H,2-3,8-10H2,1H3,(H,17,19). The minimum atomic E-state index is 0.0452. The van der Waals surface area contributed by atoms with E-state index in [9.17, 15) is 9.90 Å². The molecule has 2 atom stereocenters. The van der Waals surface area contributed by atoms with Crippen molar-refractivity contribution < 1.29 is 9.90 Å². The maximum Gasteiger partial charge on any atom is 0.224 e. The van der Waals surface area contributed by atoms with Gasteiger partial charge in [-0.1, -0.05) is 6.92 Å². The highest BCUT2D eigenvalue weighted by Gasteiger charge is 2.21. The normalized spacial score (nSPS) is 20.8. The summed E-state index contributed by atoms with van der Waals surface area (Å²) >= 11 is 0. The Morgan fingerprint density at radius 2 is 2.21 bits per heavy atom. The summed E-state index contributed by atoms with van der Waals surface area (Å²) in [5.74, 6) is 1.24. The second kappa shape index (κ2) is 6.57. The van der Waals surface area contributed by atoms with E-state index in [0.717, 1.165) is 18.8 Å². The first kappa shape index (κ1) is 13.9. The summed E-state index contributed by atoms with van der Waals surface area (Å²) in [4.78, 5) is 12.0. The molecule has 19 heavy (non-hydrogen) atoms. The van der Waals surface area contributed by atoms with Crippen molar-refractivity contribution in [2.24, 2.45) is 11.8 Å². The van der Waals surface area contributed by atoms with Gasteiger partial charge < -0.3 is 15.7 Å². The van der Waals surface area contributed by atoms with Crippen LogP contribution in [0, 0.1) is 11.8 Å². The van der Waals surface area contributed by atoms with Crippen molar-refractivity contribution >= 4 is 11.6 Å². The SMILES string of the molecule is CC(CC(=O)Nc1ccc(O)cc1)C1CCCNC1. The molecule has 0 bridgehead atoms. The van der Waals surface area contributed by atoms with Crippen LogP contribution in [-0.2, 0) is 4.79 Å². The van der Waals surface area contributed by atoms with E-state index < -0.39 is 0 Å². The molecule has 2 unspecified atom stereocenters. The average molecular weight is 262 g/mol. The number of amides is 1. The van der Waals surface area contributed by atoms with Crippen LogP contribution in [0.25, 0.3) is 0 Å². The van der Waals surface area contributed by atoms with E-state index in [1.54, 1.807) is 24.3 Å². The first-order valence-electron chi connectivity index (χ1n) is 6.95. The van der Waals surface area contributed by atoms with Crippen LogP contribution in [0.2, 0.25) is 0 Å². The van der Waals surface area contributed by atoms with Gasteiger partial charge >= 0.3 is 0 Å². The Morgan fingerprint density at radius 1 is 1.47 bits per heavy atom. The highest BCUT2D eigenvalue weighted by Crippen LogP contribution is 2.23. The molecule has 1 saturated heterocycles. The second-order valence-corrected chi connectivity index (χ2v) is 5.38. The van der Waals surface area contributed by atoms with Crippen LogP contribution in [0.15, 0.2) is 24.3 Å². The molecular weight excluding hydrogens is 240 g/mol. The zero-order valence-electron chi connectivity index (χ0n) is 11.4. The van der Waals surface area contributed by atoms with Crippen LogP contribution in [-0.4, -0.2) is 24.1 Å². The van der Waals surface area contributed by atoms with E-state index in [-0.39, 0.29) is 11.7 Å². The van der Waals surface area contributed by atoms with Gasteiger partial charge in [-0.15, -0.1) is 0 Å². The minimum Gasteiger partial charge on any atom is -0.508 e. The average Bonchev–Trinajstić information content (AvgIpc) is 2.42. The molecule has 0 aliphatic carbocycles. The number of nitrogens with one attached hydrogen (secondary N) is 2. The summed E-state index contributed by atoms with van der Waals surface area (Å²) in [7, 11) is 0. The Kier molecular flexibility index (Phi) is 4.80. The van der Waals surface area contributed by atoms with Crippen molar-refractivity contribution in [2.45, 2.75) is 26.2 Å². The van der Waals surface area contributed by atoms with Gasteiger partial charge in [-0.25, -0.2) is 0 Å². The van der Waals surface area contributed by atoms with Gasteiger partial charge in [0.05, 0.1) is 0 Å². The molecule has 1 aromatic carbocycles. The lowest BCUT2D eigenvalue weighted by Gasteiger charge is -2.28. The molecule has 0 spiro atoms. The number of carbonyl (C=O) groups excluding carboxylic acids is 1. The fraction of sp³-hybridized carbons (Fsp3) is 0.533. The van der Waals surface area contributed by atoms with Crippen LogP contribution in [0.1, 0.15) is 26.2 Å². The van der Waals surface area contributed by atoms with E-state index in [1.165, 1.54) is 12.8 Å². The van der Waals surface area contributed by atoms with Gasteiger partial charge in [0.1, 0.15) is 5.75 Å². The Labute approximate surface area is 114 Å². The van der Waals surface area contributed by atoms with E-state index in [2.05, 4.69) is 17.6 Å². The molecule has 2 rings (SSSR count). The Morgan fingerprint density at radius 3 is 2.84 bits per heavy atom. The lowest BCUT2D eigenvalue weighted by Crippen LogP contribution is -2.34. The van der Waals surface area contributed by atoms with E-state index in [0.29, 0.717) is 18.3 Å². The van der Waals surface area contributed by atoms with Gasteiger partial charge in [-0.05, 0) is 62.0 Å². The zero-order chi connectivity index (χ0) is 13.7. The third-order valence-electron chi connectivity index (χ3n) is 3.80. The van der Waals surface area contributed by atoms with Gasteiger partial charge in [-0.2, -0.15) is 0 Å². The molecule has 1 aliphatic rings. The third kappa shape index (κ3) is 4.24. The topological polar surface area (TPSA) is 61.4 Å². The number of carbonyl (C=O) groups is 1. The first-order chi connectivity index (χ1) is 9.15. The Hall–Kier alpha value is -1.55.